The summed E-state index contributed by atoms with van der Waals surface area (Å²) in [4.78, 5) is 12.8. The number of carbonyl (C=O) groups excluding carboxylic acids is 1. The normalized spacial score (nSPS) is 23.1. The highest BCUT2D eigenvalue weighted by Crippen LogP contribution is 2.57. The second-order valence-electron chi connectivity index (χ2n) is 8.43. The highest BCUT2D eigenvalue weighted by Gasteiger charge is 2.49. The largest absolute Gasteiger partial charge is 0.484 e. The molecular weight excluding hydrogens is 379 g/mol. The molecule has 1 aromatic carbocycles. The first kappa shape index (κ1) is 18.9. The van der Waals surface area contributed by atoms with Gasteiger partial charge in [0.05, 0.1) is 5.54 Å². The van der Waals surface area contributed by atoms with E-state index in [1.807, 2.05) is 0 Å². The van der Waals surface area contributed by atoms with Crippen LogP contribution in [0.15, 0.2) is 18.2 Å². The van der Waals surface area contributed by atoms with E-state index in [1.54, 1.807) is 12.1 Å². The molecule has 1 spiro atoms. The zero-order valence-electron chi connectivity index (χ0n) is 15.0. The Hall–Kier alpha value is -1.43. The molecule has 3 nitrogen and oxygen atoms in total. The molecule has 4 rings (SSSR count). The van der Waals surface area contributed by atoms with E-state index in [0.29, 0.717) is 10.4 Å². The van der Waals surface area contributed by atoms with Crippen molar-refractivity contribution in [1.29, 1.82) is 0 Å². The molecule has 0 radical (unpaired) electrons. The van der Waals surface area contributed by atoms with E-state index >= 15 is 0 Å². The maximum absolute atomic E-state index is 12.8. The second-order valence-corrected chi connectivity index (χ2v) is 8.86. The van der Waals surface area contributed by atoms with Crippen LogP contribution >= 0.6 is 11.6 Å². The number of carbonyl (C=O) groups is 1. The summed E-state index contributed by atoms with van der Waals surface area (Å²) in [6.07, 6.45) is 3.82. The molecule has 3 saturated carbocycles. The smallest absolute Gasteiger partial charge is 0.422 e. The first-order valence-corrected chi connectivity index (χ1v) is 9.89. The topological polar surface area (TPSA) is 38.3 Å². The van der Waals surface area contributed by atoms with Gasteiger partial charge in [-0.15, -0.1) is 0 Å². The van der Waals surface area contributed by atoms with Crippen LogP contribution in [0, 0.1) is 11.3 Å². The van der Waals surface area contributed by atoms with Crippen LogP contribution < -0.4 is 10.1 Å². The maximum atomic E-state index is 12.8. The van der Waals surface area contributed by atoms with Gasteiger partial charge in [0, 0.05) is 10.9 Å². The summed E-state index contributed by atoms with van der Waals surface area (Å²) in [5, 5.41) is 3.46. The number of ether oxygens (including phenoxy) is 1. The molecule has 3 fully saturated rings. The predicted octanol–water partition coefficient (Wildman–Crippen LogP) is 5.36. The Balaban J connectivity index is 1.42. The first-order valence-electron chi connectivity index (χ1n) is 9.51. The summed E-state index contributed by atoms with van der Waals surface area (Å²) in [7, 11) is 0. The quantitative estimate of drug-likeness (QED) is 0.721. The van der Waals surface area contributed by atoms with Crippen molar-refractivity contribution in [3.8, 4) is 5.75 Å². The van der Waals surface area contributed by atoms with Crippen molar-refractivity contribution in [3.63, 3.8) is 0 Å². The van der Waals surface area contributed by atoms with Gasteiger partial charge in [0.15, 0.2) is 6.61 Å². The third-order valence-electron chi connectivity index (χ3n) is 6.31. The number of hydrogen-bond donors (Lipinski definition) is 1. The van der Waals surface area contributed by atoms with Gasteiger partial charge in [0.1, 0.15) is 5.75 Å². The second kappa shape index (κ2) is 6.57. The Kier molecular flexibility index (Phi) is 4.60. The molecular formula is C20H23ClF3NO2. The Labute approximate surface area is 161 Å². The lowest BCUT2D eigenvalue weighted by Gasteiger charge is -2.29. The van der Waals surface area contributed by atoms with E-state index in [1.165, 1.54) is 18.9 Å². The van der Waals surface area contributed by atoms with Gasteiger partial charge in [-0.2, -0.15) is 13.2 Å². The van der Waals surface area contributed by atoms with Crippen LogP contribution in [-0.4, -0.2) is 18.7 Å². The van der Waals surface area contributed by atoms with Gasteiger partial charge in [-0.25, -0.2) is 0 Å². The minimum absolute atomic E-state index is 0.0360. The number of nitrogens with one attached hydrogen (secondary N) is 1. The highest BCUT2D eigenvalue weighted by atomic mass is 35.5. The minimum atomic E-state index is -4.41. The first-order chi connectivity index (χ1) is 12.7. The van der Waals surface area contributed by atoms with Crippen molar-refractivity contribution >= 4 is 17.5 Å². The Bertz CT molecular complexity index is 731. The van der Waals surface area contributed by atoms with Crippen molar-refractivity contribution in [2.24, 2.45) is 11.3 Å². The predicted molar refractivity (Wildman–Crippen MR) is 95.7 cm³/mol. The average Bonchev–Trinajstić information content (AvgIpc) is 3.52. The Morgan fingerprint density at radius 1 is 1.11 bits per heavy atom. The van der Waals surface area contributed by atoms with E-state index in [-0.39, 0.29) is 17.6 Å². The van der Waals surface area contributed by atoms with E-state index in [0.717, 1.165) is 44.1 Å². The molecule has 0 heterocycles. The molecule has 148 valence electrons. The fourth-order valence-corrected chi connectivity index (χ4v) is 4.43. The Morgan fingerprint density at radius 2 is 1.78 bits per heavy atom. The van der Waals surface area contributed by atoms with Gasteiger partial charge in [-0.05, 0) is 80.5 Å². The van der Waals surface area contributed by atoms with Gasteiger partial charge < -0.3 is 10.1 Å². The molecule has 3 aliphatic rings. The monoisotopic (exact) mass is 401 g/mol. The number of amides is 1. The lowest BCUT2D eigenvalue weighted by atomic mass is 9.79. The van der Waals surface area contributed by atoms with E-state index in [2.05, 4.69) is 5.32 Å². The standard InChI is InChI=1S/C20H23ClF3NO2/c21-15-9-14(10-16(11-15)27-12-20(22,23)24)19(7-8-19)25-17(26)13-1-3-18(4-2-13)5-6-18/h9-11,13H,1-8,12H2,(H,25,26). The van der Waals surface area contributed by atoms with Crippen LogP contribution in [0.1, 0.15) is 56.9 Å². The molecule has 1 N–H and O–H groups in total. The summed E-state index contributed by atoms with van der Waals surface area (Å²) in [6, 6.07) is 4.63. The molecule has 0 atom stereocenters. The zero-order valence-corrected chi connectivity index (χ0v) is 15.8. The number of halogens is 4. The molecule has 3 aliphatic carbocycles. The molecule has 0 unspecified atom stereocenters. The molecule has 0 saturated heterocycles. The van der Waals surface area contributed by atoms with Gasteiger partial charge in [-0.3, -0.25) is 4.79 Å². The lowest BCUT2D eigenvalue weighted by Crippen LogP contribution is -2.40. The SMILES string of the molecule is O=C(NC1(c2cc(Cl)cc(OCC(F)(F)F)c2)CC1)C1CCC2(CC1)CC2. The summed E-state index contributed by atoms with van der Waals surface area (Å²) in [5.41, 5.74) is 0.730. The summed E-state index contributed by atoms with van der Waals surface area (Å²) in [6.45, 7) is -1.37. The Morgan fingerprint density at radius 3 is 2.33 bits per heavy atom. The summed E-state index contributed by atoms with van der Waals surface area (Å²) in [5.74, 6) is 0.165. The van der Waals surface area contributed by atoms with Gasteiger partial charge >= 0.3 is 6.18 Å². The van der Waals surface area contributed by atoms with Gasteiger partial charge in [0.25, 0.3) is 0 Å². The molecule has 0 aromatic heterocycles. The third-order valence-corrected chi connectivity index (χ3v) is 6.53. The van der Waals surface area contributed by atoms with Crippen LogP contribution in [0.2, 0.25) is 5.02 Å². The van der Waals surface area contributed by atoms with Crippen molar-refractivity contribution < 1.29 is 22.7 Å². The fourth-order valence-electron chi connectivity index (χ4n) is 4.21. The maximum Gasteiger partial charge on any atom is 0.422 e. The lowest BCUT2D eigenvalue weighted by molar-refractivity contribution is -0.153. The van der Waals surface area contributed by atoms with Crippen molar-refractivity contribution in [2.45, 2.75) is 63.1 Å². The van der Waals surface area contributed by atoms with Crippen LogP contribution in [0.25, 0.3) is 0 Å². The molecule has 27 heavy (non-hydrogen) atoms. The molecule has 1 aromatic rings. The molecule has 7 heteroatoms. The van der Waals surface area contributed by atoms with Crippen molar-refractivity contribution in [2.75, 3.05) is 6.61 Å². The van der Waals surface area contributed by atoms with Crippen molar-refractivity contribution in [3.05, 3.63) is 28.8 Å². The van der Waals surface area contributed by atoms with Gasteiger partial charge in [-0.1, -0.05) is 11.6 Å². The summed E-state index contributed by atoms with van der Waals surface area (Å²) >= 11 is 6.08. The van der Waals surface area contributed by atoms with E-state index in [9.17, 15) is 18.0 Å². The van der Waals surface area contributed by atoms with Crippen LogP contribution in [0.5, 0.6) is 5.75 Å². The molecule has 1 amide bonds. The number of rotatable bonds is 5. The van der Waals surface area contributed by atoms with E-state index in [4.69, 9.17) is 16.3 Å². The summed E-state index contributed by atoms with van der Waals surface area (Å²) < 4.78 is 42.1. The number of benzene rings is 1. The molecule has 0 aliphatic heterocycles. The average molecular weight is 402 g/mol. The molecule has 0 bridgehead atoms. The van der Waals surface area contributed by atoms with Crippen LogP contribution in [0.3, 0.4) is 0 Å². The highest BCUT2D eigenvalue weighted by molar-refractivity contribution is 6.30. The zero-order chi connectivity index (χ0) is 19.3. The third kappa shape index (κ3) is 4.36. The number of hydrogen-bond acceptors (Lipinski definition) is 2. The van der Waals surface area contributed by atoms with Crippen LogP contribution in [-0.2, 0) is 10.3 Å². The number of alkyl halides is 3. The van der Waals surface area contributed by atoms with E-state index < -0.39 is 18.3 Å². The fraction of sp³-hybridized carbons (Fsp3) is 0.650. The van der Waals surface area contributed by atoms with Crippen LogP contribution in [0.4, 0.5) is 13.2 Å². The minimum Gasteiger partial charge on any atom is -0.484 e. The van der Waals surface area contributed by atoms with Crippen molar-refractivity contribution in [1.82, 2.24) is 5.32 Å². The van der Waals surface area contributed by atoms with Gasteiger partial charge in [0.2, 0.25) is 5.91 Å².